The molecule has 0 saturated carbocycles. The lowest BCUT2D eigenvalue weighted by Crippen LogP contribution is -2.43. The van der Waals surface area contributed by atoms with E-state index in [-0.39, 0.29) is 29.6 Å². The Morgan fingerprint density at radius 2 is 2.11 bits per heavy atom. The first-order valence-electron chi connectivity index (χ1n) is 9.63. The normalized spacial score (nSPS) is 22.1. The summed E-state index contributed by atoms with van der Waals surface area (Å²) >= 11 is 0. The van der Waals surface area contributed by atoms with E-state index in [1.54, 1.807) is 17.2 Å². The molecular formula is C21H23FN4O2. The molecule has 7 heteroatoms. The molecule has 2 amide bonds. The Morgan fingerprint density at radius 1 is 1.25 bits per heavy atom. The Kier molecular flexibility index (Phi) is 5.07. The lowest BCUT2D eigenvalue weighted by molar-refractivity contribution is -0.133. The average Bonchev–Trinajstić information content (AvgIpc) is 3.04. The first kappa shape index (κ1) is 18.5. The fraction of sp³-hybridized carbons (Fsp3) is 0.429. The molecular weight excluding hydrogens is 359 g/mol. The number of hydrogen-bond donors (Lipinski definition) is 0. The van der Waals surface area contributed by atoms with Crippen molar-refractivity contribution in [1.29, 1.82) is 0 Å². The van der Waals surface area contributed by atoms with Crippen LogP contribution in [0.2, 0.25) is 0 Å². The summed E-state index contributed by atoms with van der Waals surface area (Å²) in [6, 6.07) is 6.30. The summed E-state index contributed by atoms with van der Waals surface area (Å²) < 4.78 is 13.6. The lowest BCUT2D eigenvalue weighted by Gasteiger charge is -2.30. The van der Waals surface area contributed by atoms with Crippen LogP contribution in [0.5, 0.6) is 0 Å². The topological polar surface area (TPSA) is 66.4 Å². The first-order valence-corrected chi connectivity index (χ1v) is 9.63. The van der Waals surface area contributed by atoms with E-state index in [1.165, 1.54) is 18.3 Å². The smallest absolute Gasteiger partial charge is 0.274 e. The van der Waals surface area contributed by atoms with Crippen molar-refractivity contribution in [2.24, 2.45) is 5.92 Å². The zero-order valence-corrected chi connectivity index (χ0v) is 15.8. The van der Waals surface area contributed by atoms with Gasteiger partial charge in [0.15, 0.2) is 0 Å². The predicted molar refractivity (Wildman–Crippen MR) is 101 cm³/mol. The molecule has 0 aliphatic carbocycles. The van der Waals surface area contributed by atoms with Crippen LogP contribution in [0.1, 0.15) is 41.0 Å². The molecule has 0 unspecified atom stereocenters. The molecule has 4 rings (SSSR count). The Balaban J connectivity index is 1.54. The Bertz CT molecular complexity index is 886. The molecule has 2 atom stereocenters. The standard InChI is InChI=1S/C21H23FN4O2/c1-14-9-24-18(10-23-14)21(28)25-12-16-5-3-7-20(27)26(19(16)13-25)11-15-4-2-6-17(22)8-15/h2,4,6,8-10,16,19H,3,5,7,11-13H2,1H3/t16-,19+/m1/s1. The summed E-state index contributed by atoms with van der Waals surface area (Å²) in [7, 11) is 0. The van der Waals surface area contributed by atoms with E-state index in [0.717, 1.165) is 24.1 Å². The second-order valence-electron chi connectivity index (χ2n) is 7.62. The van der Waals surface area contributed by atoms with Crippen molar-refractivity contribution < 1.29 is 14.0 Å². The molecule has 6 nitrogen and oxygen atoms in total. The van der Waals surface area contributed by atoms with Crippen LogP contribution < -0.4 is 0 Å². The molecule has 1 aromatic carbocycles. The number of hydrogen-bond acceptors (Lipinski definition) is 4. The highest BCUT2D eigenvalue weighted by atomic mass is 19.1. The van der Waals surface area contributed by atoms with Crippen molar-refractivity contribution in [2.75, 3.05) is 13.1 Å². The van der Waals surface area contributed by atoms with Gasteiger partial charge in [-0.3, -0.25) is 14.6 Å². The number of benzene rings is 1. The highest BCUT2D eigenvalue weighted by Gasteiger charge is 2.42. The summed E-state index contributed by atoms with van der Waals surface area (Å²) in [5, 5.41) is 0. The van der Waals surface area contributed by atoms with Gasteiger partial charge in [-0.05, 0) is 43.4 Å². The molecule has 2 aliphatic heterocycles. The molecule has 0 spiro atoms. The highest BCUT2D eigenvalue weighted by molar-refractivity contribution is 5.92. The van der Waals surface area contributed by atoms with Gasteiger partial charge in [-0.1, -0.05) is 12.1 Å². The van der Waals surface area contributed by atoms with Gasteiger partial charge in [0, 0.05) is 32.3 Å². The summed E-state index contributed by atoms with van der Waals surface area (Å²) in [5.41, 5.74) is 1.85. The van der Waals surface area contributed by atoms with Gasteiger partial charge >= 0.3 is 0 Å². The highest BCUT2D eigenvalue weighted by Crippen LogP contribution is 2.32. The van der Waals surface area contributed by atoms with Crippen molar-refractivity contribution in [3.05, 3.63) is 59.4 Å². The number of halogens is 1. The van der Waals surface area contributed by atoms with Gasteiger partial charge < -0.3 is 9.80 Å². The number of aromatic nitrogens is 2. The number of rotatable bonds is 3. The summed E-state index contributed by atoms with van der Waals surface area (Å²) in [6.45, 7) is 3.27. The Hall–Kier alpha value is -2.83. The van der Waals surface area contributed by atoms with Gasteiger partial charge in [0.25, 0.3) is 5.91 Å². The summed E-state index contributed by atoms with van der Waals surface area (Å²) in [6.07, 6.45) is 5.30. The van der Waals surface area contributed by atoms with Crippen molar-refractivity contribution in [3.63, 3.8) is 0 Å². The third-order valence-electron chi connectivity index (χ3n) is 5.62. The van der Waals surface area contributed by atoms with Crippen molar-refractivity contribution >= 4 is 11.8 Å². The Labute approximate surface area is 163 Å². The molecule has 2 fully saturated rings. The van der Waals surface area contributed by atoms with Gasteiger partial charge in [-0.25, -0.2) is 9.37 Å². The third kappa shape index (κ3) is 3.74. The first-order chi connectivity index (χ1) is 13.5. The molecule has 2 saturated heterocycles. The van der Waals surface area contributed by atoms with E-state index in [0.29, 0.717) is 31.7 Å². The van der Waals surface area contributed by atoms with Crippen LogP contribution in [0.25, 0.3) is 0 Å². The average molecular weight is 382 g/mol. The lowest BCUT2D eigenvalue weighted by atomic mass is 9.98. The van der Waals surface area contributed by atoms with E-state index in [1.807, 2.05) is 17.9 Å². The van der Waals surface area contributed by atoms with Crippen LogP contribution in [0.3, 0.4) is 0 Å². The second-order valence-corrected chi connectivity index (χ2v) is 7.62. The number of fused-ring (bicyclic) bond motifs is 1. The molecule has 3 heterocycles. The SMILES string of the molecule is Cc1cnc(C(=O)N2C[C@H]3CCCC(=O)N(Cc4cccc(F)c4)[C@H]3C2)cn1. The monoisotopic (exact) mass is 382 g/mol. The fourth-order valence-corrected chi connectivity index (χ4v) is 4.20. The van der Waals surface area contributed by atoms with E-state index in [4.69, 9.17) is 0 Å². The summed E-state index contributed by atoms with van der Waals surface area (Å²) in [5.74, 6) is -0.167. The molecule has 1 aromatic heterocycles. The van der Waals surface area contributed by atoms with Crippen LogP contribution >= 0.6 is 0 Å². The fourth-order valence-electron chi connectivity index (χ4n) is 4.20. The van der Waals surface area contributed by atoms with Gasteiger partial charge in [0.05, 0.1) is 17.9 Å². The largest absolute Gasteiger partial charge is 0.335 e. The van der Waals surface area contributed by atoms with Gasteiger partial charge in [-0.2, -0.15) is 0 Å². The zero-order valence-electron chi connectivity index (χ0n) is 15.8. The molecule has 0 radical (unpaired) electrons. The zero-order chi connectivity index (χ0) is 19.7. The molecule has 2 aromatic rings. The molecule has 146 valence electrons. The predicted octanol–water partition coefficient (Wildman–Crippen LogP) is 2.58. The maximum atomic E-state index is 13.6. The Morgan fingerprint density at radius 3 is 2.86 bits per heavy atom. The van der Waals surface area contributed by atoms with Gasteiger partial charge in [0.2, 0.25) is 5.91 Å². The van der Waals surface area contributed by atoms with Gasteiger partial charge in [0.1, 0.15) is 11.5 Å². The second kappa shape index (κ2) is 7.66. The minimum Gasteiger partial charge on any atom is -0.335 e. The molecule has 0 bridgehead atoms. The number of aryl methyl sites for hydroxylation is 1. The van der Waals surface area contributed by atoms with Crippen LogP contribution in [0, 0.1) is 18.7 Å². The minimum atomic E-state index is -0.308. The van der Waals surface area contributed by atoms with E-state index < -0.39 is 0 Å². The van der Waals surface area contributed by atoms with Crippen LogP contribution in [-0.4, -0.2) is 50.7 Å². The van der Waals surface area contributed by atoms with Crippen molar-refractivity contribution in [3.8, 4) is 0 Å². The number of carbonyl (C=O) groups excluding carboxylic acids is 2. The van der Waals surface area contributed by atoms with Crippen LogP contribution in [0.15, 0.2) is 36.7 Å². The van der Waals surface area contributed by atoms with Crippen molar-refractivity contribution in [2.45, 2.75) is 38.8 Å². The van der Waals surface area contributed by atoms with Crippen LogP contribution in [-0.2, 0) is 11.3 Å². The van der Waals surface area contributed by atoms with E-state index in [2.05, 4.69) is 9.97 Å². The van der Waals surface area contributed by atoms with Crippen LogP contribution in [0.4, 0.5) is 4.39 Å². The number of nitrogens with zero attached hydrogens (tertiary/aromatic N) is 4. The number of amides is 2. The number of carbonyl (C=O) groups is 2. The van der Waals surface area contributed by atoms with Crippen molar-refractivity contribution in [1.82, 2.24) is 19.8 Å². The van der Waals surface area contributed by atoms with Gasteiger partial charge in [-0.15, -0.1) is 0 Å². The molecule has 2 aliphatic rings. The number of likely N-dealkylation sites (tertiary alicyclic amines) is 2. The third-order valence-corrected chi connectivity index (χ3v) is 5.62. The van der Waals surface area contributed by atoms with E-state index >= 15 is 0 Å². The maximum Gasteiger partial charge on any atom is 0.274 e. The minimum absolute atomic E-state index is 0.0550. The quantitative estimate of drug-likeness (QED) is 0.818. The van der Waals surface area contributed by atoms with E-state index in [9.17, 15) is 14.0 Å². The molecule has 0 N–H and O–H groups in total. The maximum absolute atomic E-state index is 13.6. The summed E-state index contributed by atoms with van der Waals surface area (Å²) in [4.78, 5) is 37.5. The molecule has 28 heavy (non-hydrogen) atoms.